The minimum absolute atomic E-state index is 0.190. The first-order valence-corrected chi connectivity index (χ1v) is 8.54. The van der Waals surface area contributed by atoms with E-state index in [1.54, 1.807) is 39.0 Å². The Bertz CT molecular complexity index is 775. The monoisotopic (exact) mass is 348 g/mol. The molecule has 5 nitrogen and oxygen atoms in total. The molecule has 2 heterocycles. The van der Waals surface area contributed by atoms with E-state index in [1.807, 2.05) is 0 Å². The van der Waals surface area contributed by atoms with Gasteiger partial charge in [-0.05, 0) is 26.8 Å². The van der Waals surface area contributed by atoms with Gasteiger partial charge >= 0.3 is 5.97 Å². The summed E-state index contributed by atoms with van der Waals surface area (Å²) in [5.74, 6) is -1.25. The number of amides is 1. The van der Waals surface area contributed by atoms with E-state index in [0.29, 0.717) is 10.9 Å². The predicted octanol–water partition coefficient (Wildman–Crippen LogP) is 3.04. The highest BCUT2D eigenvalue weighted by Gasteiger charge is 2.46. The average Bonchev–Trinajstić information content (AvgIpc) is 2.81. The molecule has 0 N–H and O–H groups in total. The molecule has 1 fully saturated rings. The minimum atomic E-state index is -0.859. The SMILES string of the molecule is CCOC(=O)C1=C(C)N=C2S[C@@H](C)C(=O)N2[C@H]1c1ccccc1F. The van der Waals surface area contributed by atoms with Crippen molar-refractivity contribution in [2.45, 2.75) is 32.1 Å². The number of hydrogen-bond acceptors (Lipinski definition) is 5. The lowest BCUT2D eigenvalue weighted by Gasteiger charge is -2.33. The topological polar surface area (TPSA) is 59.0 Å². The quantitative estimate of drug-likeness (QED) is 0.788. The number of halogens is 1. The highest BCUT2D eigenvalue weighted by Crippen LogP contribution is 2.43. The van der Waals surface area contributed by atoms with Crippen LogP contribution in [-0.4, -0.2) is 33.8 Å². The Morgan fingerprint density at radius 2 is 2.12 bits per heavy atom. The molecular weight excluding hydrogens is 331 g/mol. The Balaban J connectivity index is 2.18. The van der Waals surface area contributed by atoms with Gasteiger partial charge < -0.3 is 4.74 Å². The van der Waals surface area contributed by atoms with Crippen LogP contribution in [0.4, 0.5) is 4.39 Å². The molecule has 0 aromatic heterocycles. The molecule has 0 bridgehead atoms. The summed E-state index contributed by atoms with van der Waals surface area (Å²) >= 11 is 1.31. The van der Waals surface area contributed by atoms with Crippen molar-refractivity contribution >= 4 is 28.8 Å². The van der Waals surface area contributed by atoms with Gasteiger partial charge in [-0.25, -0.2) is 14.2 Å². The van der Waals surface area contributed by atoms with E-state index in [1.165, 1.54) is 22.7 Å². The first-order chi connectivity index (χ1) is 11.5. The van der Waals surface area contributed by atoms with Gasteiger partial charge in [-0.3, -0.25) is 9.69 Å². The van der Waals surface area contributed by atoms with Crippen LogP contribution in [0.25, 0.3) is 0 Å². The van der Waals surface area contributed by atoms with Crippen LogP contribution in [0.5, 0.6) is 0 Å². The molecule has 126 valence electrons. The van der Waals surface area contributed by atoms with Crippen LogP contribution in [0, 0.1) is 5.82 Å². The first-order valence-electron chi connectivity index (χ1n) is 7.66. The van der Waals surface area contributed by atoms with Crippen molar-refractivity contribution in [3.63, 3.8) is 0 Å². The van der Waals surface area contributed by atoms with Crippen LogP contribution in [-0.2, 0) is 14.3 Å². The van der Waals surface area contributed by atoms with E-state index >= 15 is 0 Å². The smallest absolute Gasteiger partial charge is 0.338 e. The number of carbonyl (C=O) groups excluding carboxylic acids is 2. The number of amidine groups is 1. The zero-order valence-corrected chi connectivity index (χ0v) is 14.4. The first kappa shape index (κ1) is 16.7. The summed E-state index contributed by atoms with van der Waals surface area (Å²) in [5, 5.41) is 0.165. The van der Waals surface area contributed by atoms with Gasteiger partial charge in [-0.2, -0.15) is 0 Å². The van der Waals surface area contributed by atoms with Gasteiger partial charge in [0, 0.05) is 5.56 Å². The second kappa shape index (κ2) is 6.39. The zero-order valence-electron chi connectivity index (χ0n) is 13.6. The van der Waals surface area contributed by atoms with Crippen LogP contribution < -0.4 is 0 Å². The fourth-order valence-electron chi connectivity index (χ4n) is 2.86. The van der Waals surface area contributed by atoms with Gasteiger partial charge in [0.1, 0.15) is 11.9 Å². The maximum Gasteiger partial charge on any atom is 0.338 e. The normalized spacial score (nSPS) is 23.2. The highest BCUT2D eigenvalue weighted by molar-refractivity contribution is 8.15. The number of aliphatic imine (C=N–C) groups is 1. The average molecular weight is 348 g/mol. The van der Waals surface area contributed by atoms with E-state index < -0.39 is 17.8 Å². The maximum absolute atomic E-state index is 14.4. The fourth-order valence-corrected chi connectivity index (χ4v) is 3.89. The molecule has 0 radical (unpaired) electrons. The molecule has 3 rings (SSSR count). The number of nitrogens with zero attached hydrogens (tertiary/aromatic N) is 2. The number of esters is 1. The minimum Gasteiger partial charge on any atom is -0.463 e. The lowest BCUT2D eigenvalue weighted by atomic mass is 9.94. The lowest BCUT2D eigenvalue weighted by Crippen LogP contribution is -2.41. The Labute approximate surface area is 143 Å². The Morgan fingerprint density at radius 3 is 2.79 bits per heavy atom. The standard InChI is InChI=1S/C17H17FN2O3S/c1-4-23-16(22)13-9(2)19-17-20(15(21)10(3)24-17)14(13)11-7-5-6-8-12(11)18/h5-8,10,14H,4H2,1-3H3/t10-,14-/m0/s1. The van der Waals surface area contributed by atoms with Crippen LogP contribution in [0.15, 0.2) is 40.5 Å². The largest absolute Gasteiger partial charge is 0.463 e. The summed E-state index contributed by atoms with van der Waals surface area (Å²) < 4.78 is 19.6. The van der Waals surface area contributed by atoms with Crippen molar-refractivity contribution in [3.8, 4) is 0 Å². The maximum atomic E-state index is 14.4. The second-order valence-corrected chi connectivity index (χ2v) is 6.81. The molecule has 24 heavy (non-hydrogen) atoms. The van der Waals surface area contributed by atoms with E-state index in [2.05, 4.69) is 4.99 Å². The molecule has 1 aromatic carbocycles. The van der Waals surface area contributed by atoms with Gasteiger partial charge in [-0.15, -0.1) is 0 Å². The Hall–Kier alpha value is -2.15. The number of rotatable bonds is 3. The number of allylic oxidation sites excluding steroid dienone is 1. The van der Waals surface area contributed by atoms with Crippen molar-refractivity contribution < 1.29 is 18.7 Å². The highest BCUT2D eigenvalue weighted by atomic mass is 32.2. The van der Waals surface area contributed by atoms with Crippen LogP contribution in [0.1, 0.15) is 32.4 Å². The molecule has 2 atom stereocenters. The molecule has 0 saturated carbocycles. The molecule has 1 aromatic rings. The van der Waals surface area contributed by atoms with Crippen LogP contribution >= 0.6 is 11.8 Å². The summed E-state index contributed by atoms with van der Waals surface area (Å²) in [7, 11) is 0. The second-order valence-electron chi connectivity index (χ2n) is 5.51. The number of hydrogen-bond donors (Lipinski definition) is 0. The Morgan fingerprint density at radius 1 is 1.42 bits per heavy atom. The molecular formula is C17H17FN2O3S. The van der Waals surface area contributed by atoms with Crippen LogP contribution in [0.2, 0.25) is 0 Å². The van der Waals surface area contributed by atoms with Gasteiger partial charge in [0.25, 0.3) is 0 Å². The van der Waals surface area contributed by atoms with Crippen molar-refractivity contribution in [2.24, 2.45) is 4.99 Å². The van der Waals surface area contributed by atoms with Gasteiger partial charge in [0.05, 0.1) is 23.1 Å². The number of carbonyl (C=O) groups is 2. The summed E-state index contributed by atoms with van der Waals surface area (Å²) in [6.07, 6.45) is 0. The number of benzene rings is 1. The molecule has 0 spiro atoms. The van der Waals surface area contributed by atoms with Gasteiger partial charge in [0.2, 0.25) is 5.91 Å². The molecule has 7 heteroatoms. The summed E-state index contributed by atoms with van der Waals surface area (Å²) in [5.41, 5.74) is 0.909. The number of ether oxygens (including phenoxy) is 1. The van der Waals surface area contributed by atoms with Gasteiger partial charge in [0.15, 0.2) is 5.17 Å². The summed E-state index contributed by atoms with van der Waals surface area (Å²) in [6, 6.07) is 5.29. The predicted molar refractivity (Wildman–Crippen MR) is 89.8 cm³/mol. The van der Waals surface area contributed by atoms with E-state index in [-0.39, 0.29) is 28.9 Å². The van der Waals surface area contributed by atoms with E-state index in [9.17, 15) is 14.0 Å². The summed E-state index contributed by atoms with van der Waals surface area (Å²) in [6.45, 7) is 5.34. The fraction of sp³-hybridized carbons (Fsp3) is 0.353. The van der Waals surface area contributed by atoms with E-state index in [0.717, 1.165) is 0 Å². The van der Waals surface area contributed by atoms with Crippen molar-refractivity contribution in [1.29, 1.82) is 0 Å². The molecule has 1 saturated heterocycles. The van der Waals surface area contributed by atoms with Crippen molar-refractivity contribution in [1.82, 2.24) is 4.90 Å². The molecule has 0 aliphatic carbocycles. The Kier molecular flexibility index (Phi) is 4.45. The lowest BCUT2D eigenvalue weighted by molar-refractivity contribution is -0.139. The zero-order chi connectivity index (χ0) is 17.4. The van der Waals surface area contributed by atoms with E-state index in [4.69, 9.17) is 4.74 Å². The summed E-state index contributed by atoms with van der Waals surface area (Å²) in [4.78, 5) is 30.8. The van der Waals surface area contributed by atoms with Crippen LogP contribution in [0.3, 0.4) is 0 Å². The number of fused-ring (bicyclic) bond motifs is 1. The number of thioether (sulfide) groups is 1. The third kappa shape index (κ3) is 2.62. The molecule has 1 amide bonds. The third-order valence-electron chi connectivity index (χ3n) is 3.95. The van der Waals surface area contributed by atoms with Crippen molar-refractivity contribution in [2.75, 3.05) is 6.61 Å². The molecule has 0 unspecified atom stereocenters. The van der Waals surface area contributed by atoms with Crippen molar-refractivity contribution in [3.05, 3.63) is 46.9 Å². The third-order valence-corrected chi connectivity index (χ3v) is 5.01. The molecule has 2 aliphatic heterocycles. The molecule has 2 aliphatic rings. The van der Waals surface area contributed by atoms with Gasteiger partial charge in [-0.1, -0.05) is 30.0 Å².